The van der Waals surface area contributed by atoms with Gasteiger partial charge in [0.05, 0.1) is 0 Å². The summed E-state index contributed by atoms with van der Waals surface area (Å²) in [4.78, 5) is 38.1. The standard InChI is InChI=1S/C70H108O6/c1-4-7-10-13-16-19-22-24-26-28-30-32-34-35-37-38-40-42-44-46-48-51-54-57-60-63-69(72)75-66-67(65-74-68(71)62-59-56-53-50-21-18-15-12-9-6-3)76-70(73)64-61-58-55-52-49-47-45-43-41-39-36-33-31-29-27-25-23-20-17-14-11-8-5-2/h7-8,10-11,16-17,19-20,24-27,30-33,35,37,39-42,45-48,52,55,67H,4-6,9,12-15,18,21-23,28-29,34,36,38,43-44,49-51,53-54,56-66H2,1-3H3/b10-7-,11-8-,19-16-,20-17-,26-24-,27-25-,32-30-,33-31-,37-35-,41-39-,42-40-,47-45-,48-46-,55-52-. The van der Waals surface area contributed by atoms with E-state index in [1.54, 1.807) is 0 Å². The lowest BCUT2D eigenvalue weighted by Crippen LogP contribution is -2.30. The van der Waals surface area contributed by atoms with Crippen LogP contribution in [0.5, 0.6) is 0 Å². The number of hydrogen-bond donors (Lipinski definition) is 0. The quantitative estimate of drug-likeness (QED) is 0.0261. The molecule has 0 aromatic rings. The van der Waals surface area contributed by atoms with Crippen molar-refractivity contribution in [3.63, 3.8) is 0 Å². The Bertz CT molecular complexity index is 1770. The molecule has 0 heterocycles. The lowest BCUT2D eigenvalue weighted by atomic mass is 10.1. The normalized spacial score (nSPS) is 13.4. The Kier molecular flexibility index (Phi) is 58.0. The molecule has 0 aromatic heterocycles. The van der Waals surface area contributed by atoms with E-state index in [0.717, 1.165) is 141 Å². The second kappa shape index (κ2) is 62.3. The predicted molar refractivity (Wildman–Crippen MR) is 329 cm³/mol. The number of carbonyl (C=O) groups is 3. The number of allylic oxidation sites excluding steroid dienone is 28. The minimum Gasteiger partial charge on any atom is -0.462 e. The third-order valence-electron chi connectivity index (χ3n) is 12.0. The third kappa shape index (κ3) is 59.6. The van der Waals surface area contributed by atoms with Crippen LogP contribution < -0.4 is 0 Å². The first kappa shape index (κ1) is 70.8. The molecule has 1 atom stereocenters. The van der Waals surface area contributed by atoms with Crippen molar-refractivity contribution < 1.29 is 28.6 Å². The van der Waals surface area contributed by atoms with Crippen molar-refractivity contribution in [2.24, 2.45) is 0 Å². The molecule has 0 rings (SSSR count). The maximum absolute atomic E-state index is 12.9. The maximum atomic E-state index is 12.9. The van der Waals surface area contributed by atoms with E-state index in [4.69, 9.17) is 14.2 Å². The van der Waals surface area contributed by atoms with E-state index in [-0.39, 0.29) is 37.5 Å². The summed E-state index contributed by atoms with van der Waals surface area (Å²) in [6.07, 6.45) is 92.1. The van der Waals surface area contributed by atoms with E-state index < -0.39 is 6.10 Å². The second-order valence-corrected chi connectivity index (χ2v) is 19.1. The van der Waals surface area contributed by atoms with Crippen LogP contribution in [0.4, 0.5) is 0 Å². The van der Waals surface area contributed by atoms with Crippen molar-refractivity contribution in [1.29, 1.82) is 0 Å². The lowest BCUT2D eigenvalue weighted by molar-refractivity contribution is -0.167. The Balaban J connectivity index is 4.50. The minimum absolute atomic E-state index is 0.119. The smallest absolute Gasteiger partial charge is 0.306 e. The Morgan fingerprint density at radius 1 is 0.276 bits per heavy atom. The average Bonchev–Trinajstić information content (AvgIpc) is 3.42. The Labute approximate surface area is 466 Å². The number of ether oxygens (including phenoxy) is 3. The number of esters is 3. The molecular weight excluding hydrogens is 937 g/mol. The highest BCUT2D eigenvalue weighted by Crippen LogP contribution is 2.13. The topological polar surface area (TPSA) is 78.9 Å². The largest absolute Gasteiger partial charge is 0.462 e. The molecule has 0 saturated heterocycles. The highest BCUT2D eigenvalue weighted by atomic mass is 16.6. The molecule has 0 aliphatic rings. The van der Waals surface area contributed by atoms with E-state index in [9.17, 15) is 14.4 Å². The van der Waals surface area contributed by atoms with Crippen molar-refractivity contribution in [3.8, 4) is 0 Å². The first-order valence-electron chi connectivity index (χ1n) is 30.1. The molecule has 0 spiro atoms. The van der Waals surface area contributed by atoms with Gasteiger partial charge in [-0.2, -0.15) is 0 Å². The van der Waals surface area contributed by atoms with Crippen LogP contribution in [0.3, 0.4) is 0 Å². The van der Waals surface area contributed by atoms with Crippen LogP contribution in [0.25, 0.3) is 0 Å². The Hall–Kier alpha value is -5.23. The number of hydrogen-bond acceptors (Lipinski definition) is 6. The molecule has 6 nitrogen and oxygen atoms in total. The summed E-state index contributed by atoms with van der Waals surface area (Å²) in [5, 5.41) is 0. The molecule has 424 valence electrons. The number of carbonyl (C=O) groups excluding carboxylic acids is 3. The number of rotatable bonds is 52. The predicted octanol–water partition coefficient (Wildman–Crippen LogP) is 20.7. The number of unbranched alkanes of at least 4 members (excludes halogenated alkanes) is 13. The summed E-state index contributed by atoms with van der Waals surface area (Å²) in [5.41, 5.74) is 0. The molecule has 76 heavy (non-hydrogen) atoms. The van der Waals surface area contributed by atoms with Crippen molar-refractivity contribution in [2.45, 2.75) is 239 Å². The van der Waals surface area contributed by atoms with E-state index in [1.165, 1.54) is 44.9 Å². The van der Waals surface area contributed by atoms with Gasteiger partial charge in [0, 0.05) is 19.3 Å². The van der Waals surface area contributed by atoms with E-state index >= 15 is 0 Å². The SMILES string of the molecule is CC/C=C\C/C=C\C/C=C\C/C=C\C/C=C\C/C=C\C/C=C\CCCCCC(=O)OCC(COC(=O)CCCCCCCCCCCC)OC(=O)CCC/C=C\C/C=C\C/C=C\C/C=C\C/C=C\C/C=C\C/C=C\CC. The van der Waals surface area contributed by atoms with E-state index in [2.05, 4.69) is 191 Å². The van der Waals surface area contributed by atoms with Gasteiger partial charge in [-0.25, -0.2) is 0 Å². The van der Waals surface area contributed by atoms with Crippen LogP contribution in [-0.4, -0.2) is 37.2 Å². The zero-order valence-electron chi connectivity index (χ0n) is 48.4. The monoisotopic (exact) mass is 1040 g/mol. The highest BCUT2D eigenvalue weighted by Gasteiger charge is 2.19. The summed E-state index contributed by atoms with van der Waals surface area (Å²) in [7, 11) is 0. The van der Waals surface area contributed by atoms with Gasteiger partial charge in [0.2, 0.25) is 0 Å². The highest BCUT2D eigenvalue weighted by molar-refractivity contribution is 5.71. The molecule has 0 aromatic carbocycles. The van der Waals surface area contributed by atoms with Gasteiger partial charge in [0.25, 0.3) is 0 Å². The second-order valence-electron chi connectivity index (χ2n) is 19.1. The van der Waals surface area contributed by atoms with Gasteiger partial charge >= 0.3 is 17.9 Å². The molecule has 0 aliphatic carbocycles. The summed E-state index contributed by atoms with van der Waals surface area (Å²) in [6, 6.07) is 0. The van der Waals surface area contributed by atoms with E-state index in [0.29, 0.717) is 19.3 Å². The molecule has 1 unspecified atom stereocenters. The van der Waals surface area contributed by atoms with Crippen LogP contribution in [0.1, 0.15) is 233 Å². The van der Waals surface area contributed by atoms with Crippen LogP contribution in [-0.2, 0) is 28.6 Å². The summed E-state index contributed by atoms with van der Waals surface area (Å²) in [6.45, 7) is 6.31. The van der Waals surface area contributed by atoms with Crippen molar-refractivity contribution in [2.75, 3.05) is 13.2 Å². The zero-order valence-corrected chi connectivity index (χ0v) is 48.4. The van der Waals surface area contributed by atoms with E-state index in [1.807, 2.05) is 0 Å². The first-order chi connectivity index (χ1) is 37.5. The molecule has 0 amide bonds. The summed E-state index contributed by atoms with van der Waals surface area (Å²) in [5.74, 6) is -1.02. The molecule has 6 heteroatoms. The van der Waals surface area contributed by atoms with Gasteiger partial charge in [-0.15, -0.1) is 0 Å². The van der Waals surface area contributed by atoms with Gasteiger partial charge in [-0.05, 0) is 128 Å². The Morgan fingerprint density at radius 2 is 0.526 bits per heavy atom. The molecule has 0 N–H and O–H groups in total. The van der Waals surface area contributed by atoms with Crippen LogP contribution in [0.2, 0.25) is 0 Å². The van der Waals surface area contributed by atoms with Crippen LogP contribution in [0, 0.1) is 0 Å². The molecule has 0 aliphatic heterocycles. The molecule has 0 radical (unpaired) electrons. The van der Waals surface area contributed by atoms with Gasteiger partial charge in [0.1, 0.15) is 13.2 Å². The van der Waals surface area contributed by atoms with Crippen LogP contribution in [0.15, 0.2) is 170 Å². The van der Waals surface area contributed by atoms with Gasteiger partial charge in [-0.3, -0.25) is 14.4 Å². The van der Waals surface area contributed by atoms with Crippen molar-refractivity contribution in [1.82, 2.24) is 0 Å². The fraction of sp³-hybridized carbons (Fsp3) is 0.557. The molecular formula is C70H108O6. The molecule has 0 bridgehead atoms. The van der Waals surface area contributed by atoms with Gasteiger partial charge in [-0.1, -0.05) is 255 Å². The first-order valence-corrected chi connectivity index (χ1v) is 30.1. The van der Waals surface area contributed by atoms with Gasteiger partial charge in [0.15, 0.2) is 6.10 Å². The average molecular weight is 1050 g/mol. The lowest BCUT2D eigenvalue weighted by Gasteiger charge is -2.18. The summed E-state index contributed by atoms with van der Waals surface area (Å²) < 4.78 is 16.8. The molecule has 0 saturated carbocycles. The molecule has 0 fully saturated rings. The fourth-order valence-corrected chi connectivity index (χ4v) is 7.53. The maximum Gasteiger partial charge on any atom is 0.306 e. The third-order valence-corrected chi connectivity index (χ3v) is 12.0. The Morgan fingerprint density at radius 3 is 0.842 bits per heavy atom. The fourth-order valence-electron chi connectivity index (χ4n) is 7.53. The summed E-state index contributed by atoms with van der Waals surface area (Å²) >= 11 is 0. The van der Waals surface area contributed by atoms with Crippen LogP contribution >= 0.6 is 0 Å². The van der Waals surface area contributed by atoms with Gasteiger partial charge < -0.3 is 14.2 Å². The van der Waals surface area contributed by atoms with Crippen molar-refractivity contribution >= 4 is 17.9 Å². The minimum atomic E-state index is -0.831. The zero-order chi connectivity index (χ0) is 55.0. The van der Waals surface area contributed by atoms with Crippen molar-refractivity contribution in [3.05, 3.63) is 170 Å².